The Balaban J connectivity index is 1.92. The third-order valence-corrected chi connectivity index (χ3v) is 3.99. The summed E-state index contributed by atoms with van der Waals surface area (Å²) in [6.45, 7) is 2.67. The highest BCUT2D eigenvalue weighted by atomic mass is 32.1. The van der Waals surface area contributed by atoms with Gasteiger partial charge in [-0.2, -0.15) is 0 Å². The van der Waals surface area contributed by atoms with Gasteiger partial charge < -0.3 is 9.64 Å². The van der Waals surface area contributed by atoms with Gasteiger partial charge in [0.15, 0.2) is 22.6 Å². The van der Waals surface area contributed by atoms with Crippen molar-refractivity contribution in [3.8, 4) is 11.3 Å². The Morgan fingerprint density at radius 2 is 1.85 bits per heavy atom. The molecule has 0 bridgehead atoms. The van der Waals surface area contributed by atoms with E-state index < -0.39 is 17.5 Å². The topological polar surface area (TPSA) is 25.4 Å². The molecule has 20 heavy (non-hydrogen) atoms. The zero-order valence-corrected chi connectivity index (χ0v) is 11.2. The van der Waals surface area contributed by atoms with Crippen LogP contribution >= 0.6 is 11.3 Å². The summed E-state index contributed by atoms with van der Waals surface area (Å²) in [5.74, 6) is -3.87. The van der Waals surface area contributed by atoms with E-state index in [2.05, 4.69) is 4.98 Å². The van der Waals surface area contributed by atoms with E-state index in [0.29, 0.717) is 32.0 Å². The number of thiazole rings is 1. The lowest BCUT2D eigenvalue weighted by Crippen LogP contribution is -2.36. The summed E-state index contributed by atoms with van der Waals surface area (Å²) in [7, 11) is 0. The van der Waals surface area contributed by atoms with Crippen LogP contribution in [0.15, 0.2) is 17.5 Å². The van der Waals surface area contributed by atoms with Crippen molar-refractivity contribution >= 4 is 16.5 Å². The van der Waals surface area contributed by atoms with Gasteiger partial charge in [0.05, 0.1) is 18.9 Å². The van der Waals surface area contributed by atoms with Crippen LogP contribution in [0.2, 0.25) is 0 Å². The molecule has 106 valence electrons. The largest absolute Gasteiger partial charge is 0.378 e. The number of rotatable bonds is 2. The van der Waals surface area contributed by atoms with Gasteiger partial charge in [-0.15, -0.1) is 11.3 Å². The maximum Gasteiger partial charge on any atom is 0.195 e. The van der Waals surface area contributed by atoms with Crippen molar-refractivity contribution in [3.63, 3.8) is 0 Å². The average molecular weight is 300 g/mol. The van der Waals surface area contributed by atoms with Gasteiger partial charge in [-0.05, 0) is 12.1 Å². The predicted octanol–water partition coefficient (Wildman–Crippen LogP) is 3.06. The van der Waals surface area contributed by atoms with E-state index in [1.54, 1.807) is 5.38 Å². The Morgan fingerprint density at radius 3 is 2.60 bits per heavy atom. The highest BCUT2D eigenvalue weighted by Crippen LogP contribution is 2.30. The summed E-state index contributed by atoms with van der Waals surface area (Å²) in [4.78, 5) is 6.32. The van der Waals surface area contributed by atoms with Crippen molar-refractivity contribution < 1.29 is 17.9 Å². The molecule has 0 aliphatic carbocycles. The fraction of sp³-hybridized carbons (Fsp3) is 0.308. The Bertz CT molecular complexity index is 626. The average Bonchev–Trinajstić information content (AvgIpc) is 2.95. The molecule has 1 aromatic heterocycles. The van der Waals surface area contributed by atoms with Crippen LogP contribution in [0.25, 0.3) is 11.3 Å². The van der Waals surface area contributed by atoms with Crippen LogP contribution in [-0.4, -0.2) is 31.3 Å². The molecule has 2 aromatic rings. The molecular formula is C13H11F3N2OS. The first-order valence-electron chi connectivity index (χ1n) is 6.09. The number of anilines is 1. The van der Waals surface area contributed by atoms with E-state index in [0.717, 1.165) is 11.2 Å². The van der Waals surface area contributed by atoms with Gasteiger partial charge in [0.25, 0.3) is 0 Å². The van der Waals surface area contributed by atoms with Crippen LogP contribution in [0, 0.1) is 17.5 Å². The minimum absolute atomic E-state index is 0.0281. The molecule has 1 aliphatic heterocycles. The number of nitrogens with zero attached hydrogens (tertiary/aromatic N) is 2. The van der Waals surface area contributed by atoms with Crippen molar-refractivity contribution in [1.82, 2.24) is 4.98 Å². The van der Waals surface area contributed by atoms with Crippen molar-refractivity contribution in [1.29, 1.82) is 0 Å². The van der Waals surface area contributed by atoms with Crippen LogP contribution in [-0.2, 0) is 4.74 Å². The third-order valence-electron chi connectivity index (χ3n) is 3.08. The molecule has 7 heteroatoms. The van der Waals surface area contributed by atoms with Gasteiger partial charge in [-0.1, -0.05) is 0 Å². The van der Waals surface area contributed by atoms with Crippen LogP contribution in [0.1, 0.15) is 0 Å². The molecule has 3 rings (SSSR count). The van der Waals surface area contributed by atoms with Crippen molar-refractivity contribution in [2.45, 2.75) is 0 Å². The number of halogens is 3. The van der Waals surface area contributed by atoms with E-state index in [1.807, 2.05) is 4.90 Å². The molecule has 0 N–H and O–H groups in total. The second-order valence-corrected chi connectivity index (χ2v) is 5.17. The minimum Gasteiger partial charge on any atom is -0.378 e. The molecule has 3 nitrogen and oxygen atoms in total. The second-order valence-electron chi connectivity index (χ2n) is 4.34. The van der Waals surface area contributed by atoms with E-state index in [9.17, 15) is 13.2 Å². The Morgan fingerprint density at radius 1 is 1.10 bits per heavy atom. The van der Waals surface area contributed by atoms with Crippen molar-refractivity contribution in [2.75, 3.05) is 31.2 Å². The minimum atomic E-state index is -1.47. The molecule has 2 heterocycles. The van der Waals surface area contributed by atoms with Gasteiger partial charge in [0.2, 0.25) is 0 Å². The van der Waals surface area contributed by atoms with Crippen molar-refractivity contribution in [2.24, 2.45) is 0 Å². The van der Waals surface area contributed by atoms with E-state index in [4.69, 9.17) is 4.74 Å². The highest BCUT2D eigenvalue weighted by molar-refractivity contribution is 7.14. The summed E-state index contributed by atoms with van der Waals surface area (Å²) >= 11 is 1.35. The van der Waals surface area contributed by atoms with E-state index in [-0.39, 0.29) is 5.56 Å². The lowest BCUT2D eigenvalue weighted by atomic mass is 10.1. The third kappa shape index (κ3) is 2.38. The molecule has 0 amide bonds. The fourth-order valence-corrected chi connectivity index (χ4v) is 2.89. The number of hydrogen-bond acceptors (Lipinski definition) is 4. The first-order chi connectivity index (χ1) is 9.66. The number of aromatic nitrogens is 1. The number of morpholine rings is 1. The normalized spacial score (nSPS) is 15.7. The quantitative estimate of drug-likeness (QED) is 0.797. The lowest BCUT2D eigenvalue weighted by molar-refractivity contribution is 0.122. The number of hydrogen-bond donors (Lipinski definition) is 0. The van der Waals surface area contributed by atoms with Crippen LogP contribution in [0.4, 0.5) is 18.3 Å². The second kappa shape index (κ2) is 5.41. The van der Waals surface area contributed by atoms with Crippen LogP contribution < -0.4 is 4.90 Å². The van der Waals surface area contributed by atoms with Crippen LogP contribution in [0.3, 0.4) is 0 Å². The molecule has 0 unspecified atom stereocenters. The molecule has 1 saturated heterocycles. The first-order valence-corrected chi connectivity index (χ1v) is 6.97. The molecular weight excluding hydrogens is 289 g/mol. The SMILES string of the molecule is Fc1ccc(-c2csc(N3CCOCC3)n2)c(F)c1F. The standard InChI is InChI=1S/C13H11F3N2OS/c14-9-2-1-8(11(15)12(9)16)10-7-20-13(17-10)18-3-5-19-6-4-18/h1-2,7H,3-6H2. The summed E-state index contributed by atoms with van der Waals surface area (Å²) in [6.07, 6.45) is 0. The zero-order chi connectivity index (χ0) is 14.1. The monoisotopic (exact) mass is 300 g/mol. The van der Waals surface area contributed by atoms with E-state index >= 15 is 0 Å². The zero-order valence-electron chi connectivity index (χ0n) is 10.4. The maximum absolute atomic E-state index is 13.7. The highest BCUT2D eigenvalue weighted by Gasteiger charge is 2.19. The van der Waals surface area contributed by atoms with Gasteiger partial charge in [-0.3, -0.25) is 0 Å². The summed E-state index contributed by atoms with van der Waals surface area (Å²) < 4.78 is 45.1. The molecule has 0 saturated carbocycles. The number of benzene rings is 1. The molecule has 1 aliphatic rings. The van der Waals surface area contributed by atoms with Crippen LogP contribution in [0.5, 0.6) is 0 Å². The van der Waals surface area contributed by atoms with Gasteiger partial charge in [0, 0.05) is 24.0 Å². The maximum atomic E-state index is 13.7. The van der Waals surface area contributed by atoms with Gasteiger partial charge >= 0.3 is 0 Å². The summed E-state index contributed by atoms with van der Waals surface area (Å²) in [5.41, 5.74) is 0.285. The Kier molecular flexibility index (Phi) is 3.62. The molecule has 1 aromatic carbocycles. The lowest BCUT2D eigenvalue weighted by Gasteiger charge is -2.26. The Hall–Kier alpha value is -1.60. The predicted molar refractivity (Wildman–Crippen MR) is 70.5 cm³/mol. The molecule has 0 radical (unpaired) electrons. The van der Waals surface area contributed by atoms with Gasteiger partial charge in [-0.25, -0.2) is 18.2 Å². The van der Waals surface area contributed by atoms with E-state index in [1.165, 1.54) is 17.4 Å². The molecule has 0 atom stereocenters. The summed E-state index contributed by atoms with van der Waals surface area (Å²) in [5, 5.41) is 2.37. The fourth-order valence-electron chi connectivity index (χ4n) is 2.01. The summed E-state index contributed by atoms with van der Waals surface area (Å²) in [6, 6.07) is 2.10. The molecule has 0 spiro atoms. The Labute approximate surface area is 117 Å². The number of ether oxygens (including phenoxy) is 1. The van der Waals surface area contributed by atoms with Crippen molar-refractivity contribution in [3.05, 3.63) is 35.0 Å². The first kappa shape index (κ1) is 13.4. The molecule has 1 fully saturated rings. The van der Waals surface area contributed by atoms with Gasteiger partial charge in [0.1, 0.15) is 0 Å². The smallest absolute Gasteiger partial charge is 0.195 e.